The zero-order chi connectivity index (χ0) is 15.2. The Morgan fingerprint density at radius 1 is 1.29 bits per heavy atom. The number of nitrogens with zero attached hydrogens (tertiary/aromatic N) is 2. The zero-order valence-electron chi connectivity index (χ0n) is 12.7. The van der Waals surface area contributed by atoms with Crippen LogP contribution in [0.5, 0.6) is 5.75 Å². The average Bonchev–Trinajstić information content (AvgIpc) is 2.48. The summed E-state index contributed by atoms with van der Waals surface area (Å²) in [6.07, 6.45) is 0. The number of benzene rings is 1. The fourth-order valence-corrected chi connectivity index (χ4v) is 2.10. The highest BCUT2D eigenvalue weighted by atomic mass is 16.5. The highest BCUT2D eigenvalue weighted by Crippen LogP contribution is 2.22. The molecule has 0 aliphatic heterocycles. The molecule has 0 amide bonds. The van der Waals surface area contributed by atoms with Crippen molar-refractivity contribution in [1.29, 1.82) is 0 Å². The van der Waals surface area contributed by atoms with E-state index < -0.39 is 0 Å². The van der Waals surface area contributed by atoms with E-state index in [1.54, 1.807) is 10.7 Å². The first kappa shape index (κ1) is 15.3. The third-order valence-corrected chi connectivity index (χ3v) is 3.11. The molecule has 2 rings (SSSR count). The van der Waals surface area contributed by atoms with Crippen molar-refractivity contribution in [1.82, 2.24) is 15.1 Å². The predicted molar refractivity (Wildman–Crippen MR) is 83.1 cm³/mol. The van der Waals surface area contributed by atoms with Crippen molar-refractivity contribution in [3.05, 3.63) is 51.9 Å². The number of hydrogen-bond donors (Lipinski definition) is 1. The number of nitrogens with one attached hydrogen (secondary N) is 1. The molecule has 5 nitrogen and oxygen atoms in total. The van der Waals surface area contributed by atoms with Crippen LogP contribution in [0.2, 0.25) is 0 Å². The Hall–Kier alpha value is -2.14. The van der Waals surface area contributed by atoms with Gasteiger partial charge in [-0.25, -0.2) is 4.68 Å². The van der Waals surface area contributed by atoms with Gasteiger partial charge >= 0.3 is 0 Å². The van der Waals surface area contributed by atoms with Crippen LogP contribution in [0.15, 0.2) is 35.1 Å². The van der Waals surface area contributed by atoms with Gasteiger partial charge in [0.15, 0.2) is 0 Å². The second-order valence-corrected chi connectivity index (χ2v) is 4.69. The first-order valence-corrected chi connectivity index (χ1v) is 7.20. The van der Waals surface area contributed by atoms with Crippen molar-refractivity contribution in [3.63, 3.8) is 0 Å². The summed E-state index contributed by atoms with van der Waals surface area (Å²) >= 11 is 0. The monoisotopic (exact) mass is 287 g/mol. The smallest absolute Gasteiger partial charge is 0.204 e. The molecule has 5 heteroatoms. The van der Waals surface area contributed by atoms with E-state index in [0.717, 1.165) is 23.7 Å². The summed E-state index contributed by atoms with van der Waals surface area (Å²) in [7, 11) is 0. The molecule has 0 fully saturated rings. The van der Waals surface area contributed by atoms with Crippen LogP contribution < -0.4 is 15.5 Å². The molecule has 2 aromatic rings. The van der Waals surface area contributed by atoms with Crippen LogP contribution in [0.25, 0.3) is 5.69 Å². The van der Waals surface area contributed by atoms with Gasteiger partial charge in [-0.05, 0) is 32.5 Å². The third-order valence-electron chi connectivity index (χ3n) is 3.11. The Bertz CT molecular complexity index is 665. The fraction of sp³-hybridized carbons (Fsp3) is 0.375. The lowest BCUT2D eigenvalue weighted by Gasteiger charge is -2.15. The maximum Gasteiger partial charge on any atom is 0.204 e. The first-order chi connectivity index (χ1) is 10.2. The highest BCUT2D eigenvalue weighted by molar-refractivity contribution is 5.46. The van der Waals surface area contributed by atoms with Gasteiger partial charge < -0.3 is 10.1 Å². The number of para-hydroxylation sites is 2. The summed E-state index contributed by atoms with van der Waals surface area (Å²) in [5.41, 5.74) is 2.09. The van der Waals surface area contributed by atoms with E-state index in [4.69, 9.17) is 4.74 Å². The zero-order valence-corrected chi connectivity index (χ0v) is 12.7. The Morgan fingerprint density at radius 3 is 2.76 bits per heavy atom. The number of hydrogen-bond acceptors (Lipinski definition) is 4. The highest BCUT2D eigenvalue weighted by Gasteiger charge is 2.11. The summed E-state index contributed by atoms with van der Waals surface area (Å²) in [4.78, 5) is 12.0. The largest absolute Gasteiger partial charge is 0.492 e. The second-order valence-electron chi connectivity index (χ2n) is 4.69. The van der Waals surface area contributed by atoms with E-state index in [0.29, 0.717) is 18.8 Å². The molecular weight excluding hydrogens is 266 g/mol. The first-order valence-electron chi connectivity index (χ1n) is 7.20. The molecule has 0 aliphatic rings. The molecule has 1 N–H and O–H groups in total. The molecule has 0 spiro atoms. The topological polar surface area (TPSA) is 56.1 Å². The van der Waals surface area contributed by atoms with Gasteiger partial charge in [-0.3, -0.25) is 4.79 Å². The number of aromatic nitrogens is 2. The lowest BCUT2D eigenvalue weighted by Crippen LogP contribution is -2.24. The van der Waals surface area contributed by atoms with Gasteiger partial charge in [0.1, 0.15) is 17.1 Å². The molecular formula is C16H21N3O2. The van der Waals surface area contributed by atoms with E-state index in [2.05, 4.69) is 10.4 Å². The van der Waals surface area contributed by atoms with Gasteiger partial charge in [0.2, 0.25) is 5.43 Å². The second kappa shape index (κ2) is 7.04. The van der Waals surface area contributed by atoms with Gasteiger partial charge in [0.05, 0.1) is 6.61 Å². The summed E-state index contributed by atoms with van der Waals surface area (Å²) in [5.74, 6) is 0.758. The van der Waals surface area contributed by atoms with Gasteiger partial charge in [-0.1, -0.05) is 19.1 Å². The minimum absolute atomic E-state index is 0.0430. The van der Waals surface area contributed by atoms with E-state index in [1.165, 1.54) is 0 Å². The maximum atomic E-state index is 12.0. The van der Waals surface area contributed by atoms with E-state index in [-0.39, 0.29) is 5.43 Å². The predicted octanol–water partition coefficient (Wildman–Crippen LogP) is 2.05. The van der Waals surface area contributed by atoms with Gasteiger partial charge in [-0.2, -0.15) is 5.10 Å². The third kappa shape index (κ3) is 3.49. The van der Waals surface area contributed by atoms with Crippen molar-refractivity contribution in [2.45, 2.75) is 27.3 Å². The molecule has 1 heterocycles. The molecule has 112 valence electrons. The quantitative estimate of drug-likeness (QED) is 0.883. The normalized spacial score (nSPS) is 10.6. The van der Waals surface area contributed by atoms with Crippen molar-refractivity contribution >= 4 is 0 Å². The Balaban J connectivity index is 2.50. The minimum atomic E-state index is -0.0430. The standard InChI is InChI=1S/C16H21N3O2/c1-4-17-11-13-15(20)10-12(3)19(18-13)14-8-6-7-9-16(14)21-5-2/h6-10,17H,4-5,11H2,1-3H3. The Labute approximate surface area is 124 Å². The van der Waals surface area contributed by atoms with Crippen LogP contribution in [0, 0.1) is 6.92 Å². The summed E-state index contributed by atoms with van der Waals surface area (Å²) in [6.45, 7) is 7.65. The summed E-state index contributed by atoms with van der Waals surface area (Å²) < 4.78 is 7.41. The fourth-order valence-electron chi connectivity index (χ4n) is 2.10. The molecule has 0 bridgehead atoms. The molecule has 1 aromatic carbocycles. The number of rotatable bonds is 6. The molecule has 0 aliphatic carbocycles. The van der Waals surface area contributed by atoms with Crippen LogP contribution in [-0.2, 0) is 6.54 Å². The lowest BCUT2D eigenvalue weighted by atomic mass is 10.2. The summed E-state index contributed by atoms with van der Waals surface area (Å²) in [5, 5.41) is 7.62. The molecule has 0 radical (unpaired) electrons. The lowest BCUT2D eigenvalue weighted by molar-refractivity contribution is 0.338. The van der Waals surface area contributed by atoms with E-state index in [1.807, 2.05) is 45.0 Å². The maximum absolute atomic E-state index is 12.0. The molecule has 0 saturated carbocycles. The SMILES string of the molecule is CCNCc1nn(-c2ccccc2OCC)c(C)cc1=O. The molecule has 0 saturated heterocycles. The van der Waals surface area contributed by atoms with Crippen molar-refractivity contribution < 1.29 is 4.74 Å². The van der Waals surface area contributed by atoms with Crippen LogP contribution in [-0.4, -0.2) is 22.9 Å². The van der Waals surface area contributed by atoms with E-state index >= 15 is 0 Å². The van der Waals surface area contributed by atoms with Crippen LogP contribution in [0.3, 0.4) is 0 Å². The molecule has 0 unspecified atom stereocenters. The van der Waals surface area contributed by atoms with Gasteiger partial charge in [0.25, 0.3) is 0 Å². The minimum Gasteiger partial charge on any atom is -0.492 e. The van der Waals surface area contributed by atoms with Crippen molar-refractivity contribution in [2.24, 2.45) is 0 Å². The van der Waals surface area contributed by atoms with Crippen molar-refractivity contribution in [2.75, 3.05) is 13.2 Å². The van der Waals surface area contributed by atoms with Crippen LogP contribution in [0.4, 0.5) is 0 Å². The van der Waals surface area contributed by atoms with Gasteiger partial charge in [0, 0.05) is 18.3 Å². The number of ether oxygens (including phenoxy) is 1. The molecule has 0 atom stereocenters. The van der Waals surface area contributed by atoms with Gasteiger partial charge in [-0.15, -0.1) is 0 Å². The number of aryl methyl sites for hydroxylation is 1. The Morgan fingerprint density at radius 2 is 2.05 bits per heavy atom. The van der Waals surface area contributed by atoms with E-state index in [9.17, 15) is 4.79 Å². The molecule has 21 heavy (non-hydrogen) atoms. The summed E-state index contributed by atoms with van der Waals surface area (Å²) in [6, 6.07) is 9.31. The van der Waals surface area contributed by atoms with Crippen molar-refractivity contribution in [3.8, 4) is 11.4 Å². The molecule has 1 aromatic heterocycles. The van der Waals surface area contributed by atoms with Crippen LogP contribution >= 0.6 is 0 Å². The average molecular weight is 287 g/mol. The Kier molecular flexibility index (Phi) is 5.11. The van der Waals surface area contributed by atoms with Crippen LogP contribution in [0.1, 0.15) is 25.2 Å².